The number of anilines is 2. The highest BCUT2D eigenvalue weighted by atomic mass is 35.5. The summed E-state index contributed by atoms with van der Waals surface area (Å²) in [6.07, 6.45) is 0.989. The van der Waals surface area contributed by atoms with E-state index < -0.39 is 22.5 Å². The van der Waals surface area contributed by atoms with Crippen LogP contribution in [-0.2, 0) is 14.8 Å². The second kappa shape index (κ2) is 10.6. The maximum atomic E-state index is 13.3. The molecule has 0 radical (unpaired) electrons. The number of benzene rings is 2. The zero-order valence-electron chi connectivity index (χ0n) is 16.3. The standard InChI is InChI=1S/C19H18Cl2N4O3S3/c1-2-10-29-19-24-23-18(30-19)22-17(26)12-25(15-5-3-4-14(21)11-15)31(27,28)16-8-6-13(20)7-9-16/h3-9,11H,2,10,12H2,1H3,(H,22,23,26). The molecule has 0 spiro atoms. The summed E-state index contributed by atoms with van der Waals surface area (Å²) in [4.78, 5) is 12.7. The first-order chi connectivity index (χ1) is 14.8. The van der Waals surface area contributed by atoms with Gasteiger partial charge < -0.3 is 0 Å². The summed E-state index contributed by atoms with van der Waals surface area (Å²) in [7, 11) is -4.06. The molecule has 0 fully saturated rings. The summed E-state index contributed by atoms with van der Waals surface area (Å²) < 4.78 is 28.3. The summed E-state index contributed by atoms with van der Waals surface area (Å²) in [5, 5.41) is 11.6. The van der Waals surface area contributed by atoms with E-state index in [1.807, 2.05) is 0 Å². The average molecular weight is 517 g/mol. The SMILES string of the molecule is CCCSc1nnc(NC(=O)CN(c2cccc(Cl)c2)S(=O)(=O)c2ccc(Cl)cc2)s1. The van der Waals surface area contributed by atoms with E-state index in [2.05, 4.69) is 22.4 Å². The third-order valence-corrected chi connectivity index (χ3v) is 8.32. The third-order valence-electron chi connectivity index (χ3n) is 3.87. The minimum absolute atomic E-state index is 0.00107. The molecule has 0 aliphatic rings. The molecule has 0 atom stereocenters. The van der Waals surface area contributed by atoms with Crippen LogP contribution in [0.3, 0.4) is 0 Å². The molecule has 7 nitrogen and oxygen atoms in total. The van der Waals surface area contributed by atoms with Crippen molar-refractivity contribution in [1.29, 1.82) is 0 Å². The number of thioether (sulfide) groups is 1. The molecular formula is C19H18Cl2N4O3S3. The Kier molecular flexibility index (Phi) is 8.17. The van der Waals surface area contributed by atoms with Crippen LogP contribution >= 0.6 is 46.3 Å². The number of hydrogen-bond acceptors (Lipinski definition) is 7. The van der Waals surface area contributed by atoms with Gasteiger partial charge in [-0.1, -0.05) is 59.3 Å². The number of nitrogens with one attached hydrogen (secondary N) is 1. The van der Waals surface area contributed by atoms with E-state index in [4.69, 9.17) is 23.2 Å². The van der Waals surface area contributed by atoms with Crippen LogP contribution in [0, 0.1) is 0 Å². The van der Waals surface area contributed by atoms with Crippen LogP contribution in [0.1, 0.15) is 13.3 Å². The first kappa shape index (κ1) is 23.8. The molecule has 164 valence electrons. The highest BCUT2D eigenvalue weighted by molar-refractivity contribution is 8.01. The fourth-order valence-electron chi connectivity index (χ4n) is 2.48. The topological polar surface area (TPSA) is 92.3 Å². The van der Waals surface area contributed by atoms with Crippen LogP contribution < -0.4 is 9.62 Å². The van der Waals surface area contributed by atoms with Crippen molar-refractivity contribution in [2.75, 3.05) is 21.9 Å². The summed E-state index contributed by atoms with van der Waals surface area (Å²) >= 11 is 14.7. The molecule has 1 N–H and O–H groups in total. The lowest BCUT2D eigenvalue weighted by atomic mass is 10.3. The van der Waals surface area contributed by atoms with Crippen molar-refractivity contribution >= 4 is 73.0 Å². The number of carbonyl (C=O) groups excluding carboxylic acids is 1. The molecule has 2 aromatic carbocycles. The predicted molar refractivity (Wildman–Crippen MR) is 127 cm³/mol. The van der Waals surface area contributed by atoms with Crippen LogP contribution in [-0.4, -0.2) is 36.8 Å². The molecule has 1 amide bonds. The Hall–Kier alpha value is -1.85. The average Bonchev–Trinajstić information content (AvgIpc) is 3.17. The number of rotatable bonds is 9. The van der Waals surface area contributed by atoms with E-state index >= 15 is 0 Å². The van der Waals surface area contributed by atoms with Crippen molar-refractivity contribution in [2.24, 2.45) is 0 Å². The minimum atomic E-state index is -4.06. The van der Waals surface area contributed by atoms with Gasteiger partial charge in [0.2, 0.25) is 11.0 Å². The molecule has 1 aromatic heterocycles. The van der Waals surface area contributed by atoms with E-state index in [9.17, 15) is 13.2 Å². The third kappa shape index (κ3) is 6.33. The second-order valence-corrected chi connectivity index (χ2v) is 11.3. The molecule has 0 aliphatic heterocycles. The molecule has 0 aliphatic carbocycles. The Balaban J connectivity index is 1.85. The lowest BCUT2D eigenvalue weighted by Gasteiger charge is -2.24. The first-order valence-corrected chi connectivity index (χ1v) is 13.1. The molecule has 0 saturated carbocycles. The van der Waals surface area contributed by atoms with Gasteiger partial charge in [0.05, 0.1) is 10.6 Å². The summed E-state index contributed by atoms with van der Waals surface area (Å²) in [5.41, 5.74) is 0.258. The van der Waals surface area contributed by atoms with Gasteiger partial charge in [0.1, 0.15) is 6.54 Å². The fourth-order valence-corrected chi connectivity index (χ4v) is 5.89. The Morgan fingerprint density at radius 1 is 1.13 bits per heavy atom. The van der Waals surface area contributed by atoms with Crippen LogP contribution in [0.2, 0.25) is 10.0 Å². The van der Waals surface area contributed by atoms with Gasteiger partial charge in [-0.3, -0.25) is 14.4 Å². The number of amides is 1. The van der Waals surface area contributed by atoms with Gasteiger partial charge in [0.25, 0.3) is 10.0 Å². The monoisotopic (exact) mass is 516 g/mol. The molecule has 31 heavy (non-hydrogen) atoms. The van der Waals surface area contributed by atoms with Gasteiger partial charge in [0, 0.05) is 15.8 Å². The van der Waals surface area contributed by atoms with E-state index in [0.29, 0.717) is 15.2 Å². The largest absolute Gasteiger partial charge is 0.299 e. The molecule has 12 heteroatoms. The first-order valence-electron chi connectivity index (χ1n) is 9.09. The van der Waals surface area contributed by atoms with Crippen LogP contribution in [0.4, 0.5) is 10.8 Å². The van der Waals surface area contributed by atoms with Crippen LogP contribution in [0.25, 0.3) is 0 Å². The normalized spacial score (nSPS) is 11.3. The number of aromatic nitrogens is 2. The lowest BCUT2D eigenvalue weighted by Crippen LogP contribution is -2.38. The summed E-state index contributed by atoms with van der Waals surface area (Å²) in [6, 6.07) is 12.0. The van der Waals surface area contributed by atoms with Crippen LogP contribution in [0.15, 0.2) is 57.8 Å². The van der Waals surface area contributed by atoms with E-state index in [1.165, 1.54) is 41.7 Å². The second-order valence-electron chi connectivity index (χ2n) is 6.22. The Labute approximate surface area is 198 Å². The zero-order valence-corrected chi connectivity index (χ0v) is 20.2. The van der Waals surface area contributed by atoms with Gasteiger partial charge in [-0.2, -0.15) is 0 Å². The smallest absolute Gasteiger partial charge is 0.264 e. The molecule has 0 bridgehead atoms. The minimum Gasteiger partial charge on any atom is -0.299 e. The number of hydrogen-bond donors (Lipinski definition) is 1. The van der Waals surface area contributed by atoms with Gasteiger partial charge in [-0.15, -0.1) is 10.2 Å². The van der Waals surface area contributed by atoms with E-state index in [0.717, 1.165) is 20.8 Å². The molecular weight excluding hydrogens is 499 g/mol. The maximum Gasteiger partial charge on any atom is 0.264 e. The molecule has 0 unspecified atom stereocenters. The summed E-state index contributed by atoms with van der Waals surface area (Å²) in [6.45, 7) is 1.59. The van der Waals surface area contributed by atoms with E-state index in [1.54, 1.807) is 30.0 Å². The number of carbonyl (C=O) groups is 1. The van der Waals surface area contributed by atoms with Crippen molar-refractivity contribution < 1.29 is 13.2 Å². The van der Waals surface area contributed by atoms with Gasteiger partial charge in [0.15, 0.2) is 4.34 Å². The Bertz CT molecular complexity index is 1150. The maximum absolute atomic E-state index is 13.3. The van der Waals surface area contributed by atoms with Crippen molar-refractivity contribution in [3.05, 3.63) is 58.6 Å². The van der Waals surface area contributed by atoms with Crippen molar-refractivity contribution in [3.63, 3.8) is 0 Å². The number of sulfonamides is 1. The molecule has 0 saturated heterocycles. The summed E-state index contributed by atoms with van der Waals surface area (Å²) in [5.74, 6) is 0.338. The number of nitrogens with zero attached hydrogens (tertiary/aromatic N) is 3. The zero-order chi connectivity index (χ0) is 22.4. The molecule has 3 aromatic rings. The quantitative estimate of drug-likeness (QED) is 0.311. The van der Waals surface area contributed by atoms with E-state index in [-0.39, 0.29) is 10.6 Å². The van der Waals surface area contributed by atoms with Crippen LogP contribution in [0.5, 0.6) is 0 Å². The van der Waals surface area contributed by atoms with Crippen molar-refractivity contribution in [3.8, 4) is 0 Å². The predicted octanol–water partition coefficient (Wildman–Crippen LogP) is 5.18. The highest BCUT2D eigenvalue weighted by Crippen LogP contribution is 2.28. The Morgan fingerprint density at radius 2 is 1.87 bits per heavy atom. The van der Waals surface area contributed by atoms with Gasteiger partial charge >= 0.3 is 0 Å². The highest BCUT2D eigenvalue weighted by Gasteiger charge is 2.28. The lowest BCUT2D eigenvalue weighted by molar-refractivity contribution is -0.114. The molecule has 3 rings (SSSR count). The van der Waals surface area contributed by atoms with Crippen molar-refractivity contribution in [2.45, 2.75) is 22.6 Å². The molecule has 1 heterocycles. The number of halogens is 2. The Morgan fingerprint density at radius 3 is 2.55 bits per heavy atom. The van der Waals surface area contributed by atoms with Gasteiger partial charge in [-0.05, 0) is 48.9 Å². The van der Waals surface area contributed by atoms with Gasteiger partial charge in [-0.25, -0.2) is 8.42 Å². The van der Waals surface area contributed by atoms with Crippen molar-refractivity contribution in [1.82, 2.24) is 10.2 Å². The fraction of sp³-hybridized carbons (Fsp3) is 0.211.